The third-order valence-corrected chi connectivity index (χ3v) is 4.68. The Morgan fingerprint density at radius 2 is 1.94 bits per heavy atom. The molecule has 1 aromatic rings. The molecule has 0 saturated carbocycles. The number of hydrogen-bond donors (Lipinski definition) is 0. The summed E-state index contributed by atoms with van der Waals surface area (Å²) >= 11 is 3.65. The van der Waals surface area contributed by atoms with Crippen LogP contribution in [0.25, 0.3) is 0 Å². The third-order valence-electron chi connectivity index (χ3n) is 3.84. The molecule has 0 saturated heterocycles. The maximum Gasteiger partial charge on any atom is 0.0236 e. The highest BCUT2D eigenvalue weighted by Gasteiger charge is 2.20. The van der Waals surface area contributed by atoms with Crippen molar-refractivity contribution >= 4 is 15.9 Å². The Balaban J connectivity index is 1.98. The lowest BCUT2D eigenvalue weighted by Crippen LogP contribution is -2.36. The van der Waals surface area contributed by atoms with E-state index in [2.05, 4.69) is 58.9 Å². The molecule has 1 aliphatic heterocycles. The van der Waals surface area contributed by atoms with E-state index >= 15 is 0 Å². The molecule has 0 radical (unpaired) electrons. The zero-order valence-corrected chi connectivity index (χ0v) is 12.4. The van der Waals surface area contributed by atoms with Gasteiger partial charge in [-0.05, 0) is 29.4 Å². The van der Waals surface area contributed by atoms with Gasteiger partial charge in [-0.25, -0.2) is 0 Å². The molecule has 1 atom stereocenters. The first-order chi connectivity index (χ1) is 8.20. The Morgan fingerprint density at radius 1 is 1.24 bits per heavy atom. The van der Waals surface area contributed by atoms with Crippen LogP contribution in [0.2, 0.25) is 0 Å². The van der Waals surface area contributed by atoms with Crippen molar-refractivity contribution in [1.29, 1.82) is 0 Å². The molecule has 0 spiro atoms. The van der Waals surface area contributed by atoms with Gasteiger partial charge < -0.3 is 0 Å². The summed E-state index contributed by atoms with van der Waals surface area (Å²) in [5.74, 6) is 1.52. The zero-order chi connectivity index (χ0) is 12.3. The third kappa shape index (κ3) is 3.32. The first-order valence-electron chi connectivity index (χ1n) is 6.55. The van der Waals surface area contributed by atoms with Gasteiger partial charge in [-0.1, -0.05) is 54.0 Å². The van der Waals surface area contributed by atoms with E-state index in [1.165, 1.54) is 25.1 Å². The zero-order valence-electron chi connectivity index (χ0n) is 10.8. The molecule has 0 bridgehead atoms. The van der Waals surface area contributed by atoms with Crippen LogP contribution in [-0.2, 0) is 13.0 Å². The summed E-state index contributed by atoms with van der Waals surface area (Å²) in [6, 6.07) is 8.87. The van der Waals surface area contributed by atoms with Crippen molar-refractivity contribution < 1.29 is 0 Å². The fourth-order valence-electron chi connectivity index (χ4n) is 2.48. The molecular weight excluding hydrogens is 274 g/mol. The maximum absolute atomic E-state index is 3.65. The predicted molar refractivity (Wildman–Crippen MR) is 77.5 cm³/mol. The van der Waals surface area contributed by atoms with Crippen LogP contribution < -0.4 is 0 Å². The average Bonchev–Trinajstić information content (AvgIpc) is 2.35. The van der Waals surface area contributed by atoms with E-state index in [0.29, 0.717) is 0 Å². The molecular formula is C15H22BrN. The van der Waals surface area contributed by atoms with Gasteiger partial charge in [-0.2, -0.15) is 0 Å². The normalized spacial score (nSPS) is 18.1. The minimum Gasteiger partial charge on any atom is -0.298 e. The van der Waals surface area contributed by atoms with E-state index < -0.39 is 0 Å². The van der Waals surface area contributed by atoms with Gasteiger partial charge in [0.1, 0.15) is 0 Å². The van der Waals surface area contributed by atoms with E-state index in [-0.39, 0.29) is 0 Å². The molecule has 2 rings (SSSR count). The van der Waals surface area contributed by atoms with Crippen LogP contribution >= 0.6 is 15.9 Å². The van der Waals surface area contributed by atoms with Gasteiger partial charge in [-0.15, -0.1) is 0 Å². The van der Waals surface area contributed by atoms with E-state index in [1.807, 2.05) is 0 Å². The first-order valence-corrected chi connectivity index (χ1v) is 7.68. The fourth-order valence-corrected chi connectivity index (χ4v) is 3.43. The summed E-state index contributed by atoms with van der Waals surface area (Å²) in [4.78, 5) is 2.61. The van der Waals surface area contributed by atoms with E-state index in [4.69, 9.17) is 0 Å². The Hall–Kier alpha value is -0.340. The van der Waals surface area contributed by atoms with Gasteiger partial charge in [0.05, 0.1) is 0 Å². The highest BCUT2D eigenvalue weighted by Crippen LogP contribution is 2.22. The van der Waals surface area contributed by atoms with Crippen molar-refractivity contribution in [2.24, 2.45) is 11.8 Å². The topological polar surface area (TPSA) is 3.24 Å². The van der Waals surface area contributed by atoms with Crippen LogP contribution in [0.5, 0.6) is 0 Å². The Kier molecular flexibility index (Phi) is 4.63. The second-order valence-electron chi connectivity index (χ2n) is 5.41. The molecule has 2 heteroatoms. The lowest BCUT2D eigenvalue weighted by Gasteiger charge is -2.32. The number of rotatable bonds is 4. The number of alkyl halides is 1. The summed E-state index contributed by atoms with van der Waals surface area (Å²) in [6.07, 6.45) is 1.21. The molecule has 1 aliphatic rings. The molecule has 0 N–H and O–H groups in total. The van der Waals surface area contributed by atoms with E-state index in [1.54, 1.807) is 5.56 Å². The summed E-state index contributed by atoms with van der Waals surface area (Å²) in [5.41, 5.74) is 3.07. The van der Waals surface area contributed by atoms with Crippen LogP contribution in [-0.4, -0.2) is 23.3 Å². The minimum atomic E-state index is 0.756. The molecule has 94 valence electrons. The SMILES string of the molecule is CC(C)C(CBr)CN1CCc2ccccc2C1. The van der Waals surface area contributed by atoms with Gasteiger partial charge in [0, 0.05) is 25.0 Å². The van der Waals surface area contributed by atoms with Crippen LogP contribution in [0.1, 0.15) is 25.0 Å². The predicted octanol–water partition coefficient (Wildman–Crippen LogP) is 3.71. The Bertz CT molecular complexity index is 362. The lowest BCUT2D eigenvalue weighted by molar-refractivity contribution is 0.199. The highest BCUT2D eigenvalue weighted by molar-refractivity contribution is 9.09. The molecule has 0 aromatic heterocycles. The second kappa shape index (κ2) is 6.01. The van der Waals surface area contributed by atoms with Gasteiger partial charge in [-0.3, -0.25) is 4.90 Å². The summed E-state index contributed by atoms with van der Waals surface area (Å²) in [7, 11) is 0. The number of benzene rings is 1. The van der Waals surface area contributed by atoms with Crippen molar-refractivity contribution in [1.82, 2.24) is 4.90 Å². The van der Waals surface area contributed by atoms with E-state index in [9.17, 15) is 0 Å². The number of hydrogen-bond acceptors (Lipinski definition) is 1. The Labute approximate surface area is 113 Å². The second-order valence-corrected chi connectivity index (χ2v) is 6.06. The highest BCUT2D eigenvalue weighted by atomic mass is 79.9. The van der Waals surface area contributed by atoms with Gasteiger partial charge in [0.15, 0.2) is 0 Å². The van der Waals surface area contributed by atoms with Gasteiger partial charge in [0.25, 0.3) is 0 Å². The monoisotopic (exact) mass is 295 g/mol. The minimum absolute atomic E-state index is 0.756. The smallest absolute Gasteiger partial charge is 0.0236 e. The molecule has 1 nitrogen and oxygen atoms in total. The fraction of sp³-hybridized carbons (Fsp3) is 0.600. The number of nitrogens with zero attached hydrogens (tertiary/aromatic N) is 1. The van der Waals surface area contributed by atoms with Gasteiger partial charge >= 0.3 is 0 Å². The summed E-state index contributed by atoms with van der Waals surface area (Å²) in [5, 5.41) is 1.11. The van der Waals surface area contributed by atoms with Crippen molar-refractivity contribution in [2.75, 3.05) is 18.4 Å². The number of fused-ring (bicyclic) bond motifs is 1. The standard InChI is InChI=1S/C15H22BrN/c1-12(2)15(9-16)11-17-8-7-13-5-3-4-6-14(13)10-17/h3-6,12,15H,7-11H2,1-2H3. The van der Waals surface area contributed by atoms with Crippen molar-refractivity contribution in [3.05, 3.63) is 35.4 Å². The van der Waals surface area contributed by atoms with Crippen molar-refractivity contribution in [3.8, 4) is 0 Å². The molecule has 17 heavy (non-hydrogen) atoms. The van der Waals surface area contributed by atoms with Crippen LogP contribution in [0.15, 0.2) is 24.3 Å². The lowest BCUT2D eigenvalue weighted by atomic mass is 9.95. The average molecular weight is 296 g/mol. The first kappa shape index (κ1) is 13.1. The summed E-state index contributed by atoms with van der Waals surface area (Å²) < 4.78 is 0. The molecule has 0 amide bonds. The maximum atomic E-state index is 3.65. The molecule has 0 aliphatic carbocycles. The molecule has 1 aromatic carbocycles. The van der Waals surface area contributed by atoms with Crippen LogP contribution in [0, 0.1) is 11.8 Å². The molecule has 0 fully saturated rings. The Morgan fingerprint density at radius 3 is 2.59 bits per heavy atom. The largest absolute Gasteiger partial charge is 0.298 e. The van der Waals surface area contributed by atoms with Crippen molar-refractivity contribution in [3.63, 3.8) is 0 Å². The summed E-state index contributed by atoms with van der Waals surface area (Å²) in [6.45, 7) is 8.21. The molecule has 1 unspecified atom stereocenters. The van der Waals surface area contributed by atoms with Crippen LogP contribution in [0.3, 0.4) is 0 Å². The van der Waals surface area contributed by atoms with Crippen LogP contribution in [0.4, 0.5) is 0 Å². The van der Waals surface area contributed by atoms with Crippen molar-refractivity contribution in [2.45, 2.75) is 26.8 Å². The van der Waals surface area contributed by atoms with E-state index in [0.717, 1.165) is 23.7 Å². The quantitative estimate of drug-likeness (QED) is 0.766. The van der Waals surface area contributed by atoms with Gasteiger partial charge in [0.2, 0.25) is 0 Å². The molecule has 1 heterocycles. The number of halogens is 1.